The van der Waals surface area contributed by atoms with Crippen molar-refractivity contribution in [3.8, 4) is 11.1 Å². The van der Waals surface area contributed by atoms with Crippen LogP contribution in [-0.2, 0) is 4.74 Å². The minimum Gasteiger partial charge on any atom is -0.376 e. The third-order valence-electron chi connectivity index (χ3n) is 5.43. The van der Waals surface area contributed by atoms with Crippen molar-refractivity contribution in [1.82, 2.24) is 5.32 Å². The predicted molar refractivity (Wildman–Crippen MR) is 112 cm³/mol. The van der Waals surface area contributed by atoms with Crippen LogP contribution in [0.15, 0.2) is 36.4 Å². The van der Waals surface area contributed by atoms with Gasteiger partial charge in [-0.2, -0.15) is 0 Å². The first kappa shape index (κ1) is 18.5. The number of nitrogens with zero attached hydrogens (tertiary/aromatic N) is 1. The van der Waals surface area contributed by atoms with E-state index in [9.17, 15) is 4.79 Å². The molecular formula is C22H28N2O2S. The molecule has 2 aliphatic rings. The summed E-state index contributed by atoms with van der Waals surface area (Å²) in [6.07, 6.45) is 7.37. The van der Waals surface area contributed by atoms with Gasteiger partial charge >= 0.3 is 0 Å². The number of carbonyl (C=O) groups is 1. The fraction of sp³-hybridized carbons (Fsp3) is 0.500. The van der Waals surface area contributed by atoms with Gasteiger partial charge in [0.15, 0.2) is 0 Å². The van der Waals surface area contributed by atoms with Gasteiger partial charge in [0.25, 0.3) is 5.91 Å². The molecule has 27 heavy (non-hydrogen) atoms. The predicted octanol–water partition coefficient (Wildman–Crippen LogP) is 4.70. The van der Waals surface area contributed by atoms with Crippen molar-refractivity contribution in [3.05, 3.63) is 41.3 Å². The van der Waals surface area contributed by atoms with Gasteiger partial charge < -0.3 is 15.0 Å². The van der Waals surface area contributed by atoms with Crippen molar-refractivity contribution < 1.29 is 9.53 Å². The highest BCUT2D eigenvalue weighted by Crippen LogP contribution is 2.40. The van der Waals surface area contributed by atoms with E-state index < -0.39 is 0 Å². The molecule has 1 atom stereocenters. The molecule has 3 heterocycles. The van der Waals surface area contributed by atoms with E-state index in [2.05, 4.69) is 40.5 Å². The minimum atomic E-state index is 0.0220. The van der Waals surface area contributed by atoms with Crippen molar-refractivity contribution in [2.45, 2.75) is 44.6 Å². The standard InChI is InChI=1S/C22H28N2O2S/c25-21(23-16-18-11-8-14-26-18)20-15-19(17-9-4-3-5-10-17)22(27-20)24-12-6-1-2-7-13-24/h3-5,9-10,15,18H,1-2,6-8,11-14,16H2,(H,23,25). The summed E-state index contributed by atoms with van der Waals surface area (Å²) in [7, 11) is 0. The van der Waals surface area contributed by atoms with E-state index in [0.29, 0.717) is 6.54 Å². The molecule has 1 N–H and O–H groups in total. The second-order valence-electron chi connectivity index (χ2n) is 7.44. The highest BCUT2D eigenvalue weighted by atomic mass is 32.1. The Labute approximate surface area is 165 Å². The van der Waals surface area contributed by atoms with E-state index in [1.807, 2.05) is 6.07 Å². The summed E-state index contributed by atoms with van der Waals surface area (Å²) in [5.41, 5.74) is 2.37. The molecule has 0 saturated carbocycles. The first-order valence-electron chi connectivity index (χ1n) is 10.2. The molecule has 0 radical (unpaired) electrons. The number of benzene rings is 1. The van der Waals surface area contributed by atoms with E-state index in [4.69, 9.17) is 4.74 Å². The van der Waals surface area contributed by atoms with Crippen molar-refractivity contribution in [2.75, 3.05) is 31.1 Å². The number of nitrogens with one attached hydrogen (secondary N) is 1. The highest BCUT2D eigenvalue weighted by Gasteiger charge is 2.22. The smallest absolute Gasteiger partial charge is 0.261 e. The number of hydrogen-bond acceptors (Lipinski definition) is 4. The molecule has 1 aromatic heterocycles. The Bertz CT molecular complexity index is 745. The van der Waals surface area contributed by atoms with Crippen LogP contribution in [0.3, 0.4) is 0 Å². The van der Waals surface area contributed by atoms with Crippen LogP contribution in [0, 0.1) is 0 Å². The Hall–Kier alpha value is -1.85. The molecule has 1 amide bonds. The molecule has 2 aliphatic heterocycles. The fourth-order valence-electron chi connectivity index (χ4n) is 3.93. The lowest BCUT2D eigenvalue weighted by Crippen LogP contribution is -2.31. The molecule has 2 saturated heterocycles. The van der Waals surface area contributed by atoms with Gasteiger partial charge in [-0.3, -0.25) is 4.79 Å². The number of ether oxygens (including phenoxy) is 1. The van der Waals surface area contributed by atoms with Gasteiger partial charge in [0, 0.05) is 31.8 Å². The van der Waals surface area contributed by atoms with Gasteiger partial charge in [0.1, 0.15) is 0 Å². The maximum atomic E-state index is 12.8. The lowest BCUT2D eigenvalue weighted by atomic mass is 10.1. The lowest BCUT2D eigenvalue weighted by Gasteiger charge is -2.22. The van der Waals surface area contributed by atoms with Crippen LogP contribution in [-0.4, -0.2) is 38.3 Å². The summed E-state index contributed by atoms with van der Waals surface area (Å²) in [6.45, 7) is 3.59. The molecule has 4 rings (SSSR count). The highest BCUT2D eigenvalue weighted by molar-refractivity contribution is 7.18. The molecule has 0 bridgehead atoms. The Balaban J connectivity index is 1.57. The maximum Gasteiger partial charge on any atom is 0.261 e. The summed E-state index contributed by atoms with van der Waals surface area (Å²) in [5, 5.41) is 4.32. The van der Waals surface area contributed by atoms with Gasteiger partial charge in [-0.15, -0.1) is 11.3 Å². The SMILES string of the molecule is O=C(NCC1CCCO1)c1cc(-c2ccccc2)c(N2CCCCCC2)s1. The van der Waals surface area contributed by atoms with Crippen molar-refractivity contribution in [3.63, 3.8) is 0 Å². The molecule has 2 aromatic rings. The molecule has 1 aromatic carbocycles. The Kier molecular flexibility index (Phi) is 6.10. The molecule has 0 spiro atoms. The topological polar surface area (TPSA) is 41.6 Å². The number of amides is 1. The number of thiophene rings is 1. The Morgan fingerprint density at radius 3 is 2.59 bits per heavy atom. The van der Waals surface area contributed by atoms with E-state index in [1.165, 1.54) is 41.8 Å². The van der Waals surface area contributed by atoms with Crippen LogP contribution >= 0.6 is 11.3 Å². The van der Waals surface area contributed by atoms with Crippen LogP contribution in [0.25, 0.3) is 11.1 Å². The van der Waals surface area contributed by atoms with Gasteiger partial charge in [0.05, 0.1) is 16.0 Å². The molecule has 0 aliphatic carbocycles. The number of hydrogen-bond donors (Lipinski definition) is 1. The van der Waals surface area contributed by atoms with Gasteiger partial charge in [0.2, 0.25) is 0 Å². The molecule has 4 nitrogen and oxygen atoms in total. The average molecular weight is 385 g/mol. The fourth-order valence-corrected chi connectivity index (χ4v) is 5.07. The zero-order valence-corrected chi connectivity index (χ0v) is 16.6. The third kappa shape index (κ3) is 4.53. The first-order chi connectivity index (χ1) is 13.3. The van der Waals surface area contributed by atoms with E-state index >= 15 is 0 Å². The van der Waals surface area contributed by atoms with E-state index in [0.717, 1.165) is 37.4 Å². The summed E-state index contributed by atoms with van der Waals surface area (Å²) in [6, 6.07) is 12.5. The number of carbonyl (C=O) groups excluding carboxylic acids is 1. The van der Waals surface area contributed by atoms with Gasteiger partial charge in [-0.1, -0.05) is 43.2 Å². The largest absolute Gasteiger partial charge is 0.376 e. The summed E-state index contributed by atoms with van der Waals surface area (Å²) >= 11 is 1.63. The van der Waals surface area contributed by atoms with Crippen LogP contribution < -0.4 is 10.2 Å². The minimum absolute atomic E-state index is 0.0220. The second kappa shape index (κ2) is 8.89. The van der Waals surface area contributed by atoms with Crippen molar-refractivity contribution >= 4 is 22.2 Å². The summed E-state index contributed by atoms with van der Waals surface area (Å²) < 4.78 is 5.63. The van der Waals surface area contributed by atoms with E-state index in [-0.39, 0.29) is 12.0 Å². The average Bonchev–Trinajstić information content (AvgIpc) is 3.31. The van der Waals surface area contributed by atoms with Crippen LogP contribution in [0.4, 0.5) is 5.00 Å². The summed E-state index contributed by atoms with van der Waals surface area (Å²) in [5.74, 6) is 0.0220. The molecule has 2 fully saturated rings. The molecule has 5 heteroatoms. The molecule has 144 valence electrons. The number of rotatable bonds is 5. The Morgan fingerprint density at radius 1 is 1.11 bits per heavy atom. The van der Waals surface area contributed by atoms with Gasteiger partial charge in [-0.25, -0.2) is 0 Å². The Morgan fingerprint density at radius 2 is 1.89 bits per heavy atom. The van der Waals surface area contributed by atoms with Crippen LogP contribution in [0.1, 0.15) is 48.2 Å². The van der Waals surface area contributed by atoms with Crippen LogP contribution in [0.2, 0.25) is 0 Å². The molecular weight excluding hydrogens is 356 g/mol. The van der Waals surface area contributed by atoms with Crippen molar-refractivity contribution in [1.29, 1.82) is 0 Å². The lowest BCUT2D eigenvalue weighted by molar-refractivity contribution is 0.0861. The first-order valence-corrected chi connectivity index (χ1v) is 11.0. The molecule has 1 unspecified atom stereocenters. The monoisotopic (exact) mass is 384 g/mol. The zero-order chi connectivity index (χ0) is 18.5. The number of anilines is 1. The second-order valence-corrected chi connectivity index (χ2v) is 8.47. The van der Waals surface area contributed by atoms with Crippen molar-refractivity contribution in [2.24, 2.45) is 0 Å². The zero-order valence-electron chi connectivity index (χ0n) is 15.8. The maximum absolute atomic E-state index is 12.8. The van der Waals surface area contributed by atoms with E-state index in [1.54, 1.807) is 11.3 Å². The third-order valence-corrected chi connectivity index (χ3v) is 6.62. The van der Waals surface area contributed by atoms with Gasteiger partial charge in [-0.05, 0) is 37.3 Å². The normalized spacial score (nSPS) is 20.4. The van der Waals surface area contributed by atoms with Crippen LogP contribution in [0.5, 0.6) is 0 Å². The summed E-state index contributed by atoms with van der Waals surface area (Å²) in [4.78, 5) is 16.1. The quantitative estimate of drug-likeness (QED) is 0.812.